The number of carbonyl (C=O) groups excluding carboxylic acids is 3. The summed E-state index contributed by atoms with van der Waals surface area (Å²) in [6.07, 6.45) is 1.90. The Morgan fingerprint density at radius 2 is 2.06 bits per heavy atom. The number of halogens is 2. The summed E-state index contributed by atoms with van der Waals surface area (Å²) in [7, 11) is 0. The molecule has 4 amide bonds. The van der Waals surface area contributed by atoms with E-state index in [2.05, 4.69) is 10.4 Å². The lowest BCUT2D eigenvalue weighted by molar-refractivity contribution is -0.140. The number of carbonyl (C=O) groups is 3. The molecule has 1 fully saturated rings. The zero-order valence-electron chi connectivity index (χ0n) is 17.8. The quantitative estimate of drug-likeness (QED) is 0.558. The molecule has 0 aliphatic carbocycles. The van der Waals surface area contributed by atoms with Gasteiger partial charge in [0.2, 0.25) is 0 Å². The molecule has 0 spiro atoms. The summed E-state index contributed by atoms with van der Waals surface area (Å²) in [5.74, 6) is -3.05. The Morgan fingerprint density at radius 3 is 2.74 bits per heavy atom. The molecule has 5 rings (SSSR count). The van der Waals surface area contributed by atoms with Crippen molar-refractivity contribution in [2.45, 2.75) is 24.9 Å². The molecule has 0 radical (unpaired) electrons. The van der Waals surface area contributed by atoms with E-state index in [1.54, 1.807) is 12.1 Å². The fourth-order valence-corrected chi connectivity index (χ4v) is 4.81. The normalized spacial score (nSPS) is 22.3. The molecule has 1 N–H and O–H groups in total. The number of imide groups is 1. The zero-order valence-corrected chi connectivity index (χ0v) is 18.6. The molecule has 2 atom stereocenters. The summed E-state index contributed by atoms with van der Waals surface area (Å²) in [4.78, 5) is 40.7. The molecule has 11 heteroatoms. The highest BCUT2D eigenvalue weighted by Gasteiger charge is 2.50. The predicted molar refractivity (Wildman–Crippen MR) is 118 cm³/mol. The van der Waals surface area contributed by atoms with Gasteiger partial charge in [-0.1, -0.05) is 12.1 Å². The van der Waals surface area contributed by atoms with Gasteiger partial charge >= 0.3 is 6.03 Å². The Balaban J connectivity index is 1.40. The summed E-state index contributed by atoms with van der Waals surface area (Å²) in [5, 5.41) is 10.1. The third kappa shape index (κ3) is 3.58. The van der Waals surface area contributed by atoms with Crippen molar-refractivity contribution in [2.75, 3.05) is 6.54 Å². The van der Waals surface area contributed by atoms with Crippen molar-refractivity contribution in [3.63, 3.8) is 0 Å². The van der Waals surface area contributed by atoms with Crippen molar-refractivity contribution in [3.8, 4) is 0 Å². The second kappa shape index (κ2) is 8.17. The Morgan fingerprint density at radius 1 is 1.24 bits per heavy atom. The molecule has 0 bridgehead atoms. The molecule has 3 aromatic rings. The maximum atomic E-state index is 13.8. The van der Waals surface area contributed by atoms with E-state index in [0.29, 0.717) is 17.9 Å². The first-order valence-electron chi connectivity index (χ1n) is 10.3. The van der Waals surface area contributed by atoms with Gasteiger partial charge in [-0.3, -0.25) is 14.5 Å². The second-order valence-electron chi connectivity index (χ2n) is 8.07. The molecule has 8 nitrogen and oxygen atoms in total. The molecule has 0 unspecified atom stereocenters. The lowest BCUT2D eigenvalue weighted by Crippen LogP contribution is -2.43. The summed E-state index contributed by atoms with van der Waals surface area (Å²) in [6, 6.07) is 8.79. The average molecular weight is 484 g/mol. The van der Waals surface area contributed by atoms with E-state index in [-0.39, 0.29) is 5.56 Å². The van der Waals surface area contributed by atoms with Crippen LogP contribution in [-0.4, -0.2) is 40.0 Å². The van der Waals surface area contributed by atoms with Crippen molar-refractivity contribution < 1.29 is 27.6 Å². The van der Waals surface area contributed by atoms with Gasteiger partial charge in [-0.2, -0.15) is 5.10 Å². The molecule has 4 heterocycles. The summed E-state index contributed by atoms with van der Waals surface area (Å²) < 4.78 is 32.6. The highest BCUT2D eigenvalue weighted by molar-refractivity contribution is 7.12. The second-order valence-corrected chi connectivity index (χ2v) is 9.02. The largest absolute Gasteiger partial charge is 0.467 e. The van der Waals surface area contributed by atoms with Gasteiger partial charge in [0, 0.05) is 6.42 Å². The average Bonchev–Trinajstić information content (AvgIpc) is 3.60. The van der Waals surface area contributed by atoms with E-state index < -0.39 is 47.6 Å². The van der Waals surface area contributed by atoms with Crippen LogP contribution >= 0.6 is 11.3 Å². The Bertz CT molecular complexity index is 1310. The summed E-state index contributed by atoms with van der Waals surface area (Å²) in [6.45, 7) is 0.793. The van der Waals surface area contributed by atoms with Crippen LogP contribution in [0.5, 0.6) is 0 Å². The van der Waals surface area contributed by atoms with Crippen LogP contribution in [0.15, 0.2) is 63.6 Å². The third-order valence-electron chi connectivity index (χ3n) is 5.91. The number of rotatable bonds is 5. The van der Waals surface area contributed by atoms with Gasteiger partial charge in [0.05, 0.1) is 16.9 Å². The molecule has 2 aliphatic rings. The Kier molecular flexibility index (Phi) is 5.28. The highest BCUT2D eigenvalue weighted by Crippen LogP contribution is 2.35. The molecule has 174 valence electrons. The topological polar surface area (TPSA) is 95.2 Å². The lowest BCUT2D eigenvalue weighted by atomic mass is 9.92. The predicted octanol–water partition coefficient (Wildman–Crippen LogP) is 3.76. The van der Waals surface area contributed by atoms with Gasteiger partial charge in [0.15, 0.2) is 11.6 Å². The molecular formula is C23H18F2N4O4S. The van der Waals surface area contributed by atoms with E-state index in [1.165, 1.54) is 35.6 Å². The standard InChI is InChI=1S/C23H18F2N4O4S/c1-23(13-6-7-14(24)15(25)10-13)21(31)28(22(32)26-23)12-20(30)29-17(18-4-2-8-33-18)11-16(27-29)19-5-3-9-34-19/h2-10,17H,11-12H2,1H3,(H,26,32)/t17-,23-/m1/s1. The lowest BCUT2D eigenvalue weighted by Gasteiger charge is -2.24. The first-order valence-corrected chi connectivity index (χ1v) is 11.2. The summed E-state index contributed by atoms with van der Waals surface area (Å²) in [5.41, 5.74) is -0.899. The number of benzene rings is 1. The maximum Gasteiger partial charge on any atom is 0.325 e. The van der Waals surface area contributed by atoms with E-state index >= 15 is 0 Å². The molecule has 2 aliphatic heterocycles. The number of urea groups is 1. The summed E-state index contributed by atoms with van der Waals surface area (Å²) >= 11 is 1.48. The van der Waals surface area contributed by atoms with Crippen LogP contribution < -0.4 is 5.32 Å². The number of amides is 4. The highest BCUT2D eigenvalue weighted by atomic mass is 32.1. The van der Waals surface area contributed by atoms with Crippen LogP contribution in [0.4, 0.5) is 13.6 Å². The monoisotopic (exact) mass is 484 g/mol. The number of nitrogens with zero attached hydrogens (tertiary/aromatic N) is 3. The number of hydrogen-bond acceptors (Lipinski definition) is 6. The SMILES string of the molecule is C[C@]1(c2ccc(F)c(F)c2)NC(=O)N(CC(=O)N2N=C(c3cccs3)C[C@@H]2c2ccco2)C1=O. The Labute approximate surface area is 196 Å². The smallest absolute Gasteiger partial charge is 0.325 e. The number of nitrogens with one attached hydrogen (secondary N) is 1. The van der Waals surface area contributed by atoms with E-state index in [9.17, 15) is 23.2 Å². The molecule has 0 saturated carbocycles. The first-order chi connectivity index (χ1) is 16.3. The molecule has 34 heavy (non-hydrogen) atoms. The minimum atomic E-state index is -1.65. The molecule has 1 aromatic carbocycles. The fourth-order valence-electron chi connectivity index (χ4n) is 4.09. The van der Waals surface area contributed by atoms with Crippen molar-refractivity contribution in [1.29, 1.82) is 0 Å². The van der Waals surface area contributed by atoms with E-state index in [0.717, 1.165) is 21.9 Å². The Hall–Kier alpha value is -3.86. The fraction of sp³-hybridized carbons (Fsp3) is 0.217. The number of hydrazone groups is 1. The van der Waals surface area contributed by atoms with Crippen LogP contribution in [0.25, 0.3) is 0 Å². The number of furan rings is 1. The van der Waals surface area contributed by atoms with Crippen LogP contribution in [0.3, 0.4) is 0 Å². The van der Waals surface area contributed by atoms with Crippen molar-refractivity contribution in [3.05, 3.63) is 81.9 Å². The van der Waals surface area contributed by atoms with Crippen LogP contribution in [0.1, 0.15) is 35.6 Å². The maximum absolute atomic E-state index is 13.8. The molecular weight excluding hydrogens is 466 g/mol. The van der Waals surface area contributed by atoms with Gasteiger partial charge < -0.3 is 9.73 Å². The first kappa shape index (κ1) is 22.0. The van der Waals surface area contributed by atoms with Gasteiger partial charge in [-0.25, -0.2) is 18.6 Å². The van der Waals surface area contributed by atoms with Crippen molar-refractivity contribution >= 4 is 34.9 Å². The number of hydrogen-bond donors (Lipinski definition) is 1. The zero-order chi connectivity index (χ0) is 24.0. The van der Waals surface area contributed by atoms with Crippen LogP contribution in [0.2, 0.25) is 0 Å². The van der Waals surface area contributed by atoms with Crippen molar-refractivity contribution in [1.82, 2.24) is 15.2 Å². The molecule has 2 aromatic heterocycles. The van der Waals surface area contributed by atoms with Gasteiger partial charge in [-0.05, 0) is 48.2 Å². The van der Waals surface area contributed by atoms with E-state index in [4.69, 9.17) is 4.42 Å². The third-order valence-corrected chi connectivity index (χ3v) is 6.83. The van der Waals surface area contributed by atoms with Gasteiger partial charge in [-0.15, -0.1) is 11.3 Å². The minimum absolute atomic E-state index is 0.0623. The van der Waals surface area contributed by atoms with Gasteiger partial charge in [0.1, 0.15) is 23.9 Å². The van der Waals surface area contributed by atoms with Crippen LogP contribution in [-0.2, 0) is 15.1 Å². The molecule has 1 saturated heterocycles. The van der Waals surface area contributed by atoms with Gasteiger partial charge in [0.25, 0.3) is 11.8 Å². The van der Waals surface area contributed by atoms with Crippen molar-refractivity contribution in [2.24, 2.45) is 5.10 Å². The number of thiophene rings is 1. The van der Waals surface area contributed by atoms with E-state index in [1.807, 2.05) is 17.5 Å². The minimum Gasteiger partial charge on any atom is -0.467 e. The van der Waals surface area contributed by atoms with Crippen LogP contribution in [0, 0.1) is 11.6 Å².